The third-order valence-corrected chi connectivity index (χ3v) is 3.46. The summed E-state index contributed by atoms with van der Waals surface area (Å²) in [4.78, 5) is 11.2. The Kier molecular flexibility index (Phi) is 4.80. The van der Waals surface area contributed by atoms with Crippen molar-refractivity contribution in [2.75, 3.05) is 7.11 Å². The first-order valence-corrected chi connectivity index (χ1v) is 6.80. The Morgan fingerprint density at radius 2 is 2.00 bits per heavy atom. The molecule has 0 aliphatic rings. The Morgan fingerprint density at radius 1 is 1.29 bits per heavy atom. The molecule has 4 nitrogen and oxygen atoms in total. The molecule has 2 aromatic rings. The molecule has 0 bridgehead atoms. The van der Waals surface area contributed by atoms with E-state index in [0.717, 1.165) is 0 Å². The molecular weight excluding hydrogens is 343 g/mol. The number of ether oxygens (including phenoxy) is 2. The number of carboxylic acid groups (broad SMARTS) is 1. The summed E-state index contributed by atoms with van der Waals surface area (Å²) in [5.41, 5.74) is 0.286. The van der Waals surface area contributed by atoms with Crippen molar-refractivity contribution in [3.63, 3.8) is 0 Å². The van der Waals surface area contributed by atoms with Gasteiger partial charge in [0.15, 0.2) is 11.6 Å². The van der Waals surface area contributed by atoms with Gasteiger partial charge in [0.1, 0.15) is 17.9 Å². The van der Waals surface area contributed by atoms with Crippen molar-refractivity contribution in [1.29, 1.82) is 0 Å². The molecule has 0 heterocycles. The Labute approximate surface area is 129 Å². The molecule has 0 spiro atoms. The van der Waals surface area contributed by atoms with E-state index in [1.807, 2.05) is 0 Å². The quantitative estimate of drug-likeness (QED) is 0.885. The van der Waals surface area contributed by atoms with Crippen molar-refractivity contribution in [2.45, 2.75) is 6.61 Å². The number of halogens is 2. The zero-order valence-corrected chi connectivity index (χ0v) is 12.7. The minimum absolute atomic E-state index is 0.00711. The van der Waals surface area contributed by atoms with Gasteiger partial charge in [-0.2, -0.15) is 0 Å². The van der Waals surface area contributed by atoms with Crippen LogP contribution in [0, 0.1) is 5.82 Å². The molecule has 0 amide bonds. The van der Waals surface area contributed by atoms with E-state index in [0.29, 0.717) is 4.47 Å². The number of hydrogen-bond donors (Lipinski definition) is 1. The summed E-state index contributed by atoms with van der Waals surface area (Å²) in [5.74, 6) is -1.37. The number of aromatic carboxylic acids is 1. The Balaban J connectivity index is 2.27. The molecule has 0 atom stereocenters. The number of carbonyl (C=O) groups is 1. The molecule has 0 aliphatic carbocycles. The molecule has 0 aromatic heterocycles. The van der Waals surface area contributed by atoms with Crippen LogP contribution in [0.25, 0.3) is 0 Å². The van der Waals surface area contributed by atoms with Crippen molar-refractivity contribution in [2.24, 2.45) is 0 Å². The predicted molar refractivity (Wildman–Crippen MR) is 78.4 cm³/mol. The highest BCUT2D eigenvalue weighted by atomic mass is 79.9. The van der Waals surface area contributed by atoms with Gasteiger partial charge in [0.25, 0.3) is 0 Å². The minimum atomic E-state index is -1.11. The molecular formula is C15H12BrFO4. The van der Waals surface area contributed by atoms with Crippen LogP contribution in [0.5, 0.6) is 11.5 Å². The predicted octanol–water partition coefficient (Wildman–Crippen LogP) is 3.87. The maximum Gasteiger partial charge on any atom is 0.339 e. The summed E-state index contributed by atoms with van der Waals surface area (Å²) in [5, 5.41) is 9.13. The van der Waals surface area contributed by atoms with Gasteiger partial charge in [-0.15, -0.1) is 0 Å². The SMILES string of the molecule is COc1cccc(COc2c(Br)cccc2C(=O)O)c1F. The van der Waals surface area contributed by atoms with Gasteiger partial charge in [0.05, 0.1) is 11.6 Å². The van der Waals surface area contributed by atoms with Gasteiger partial charge in [-0.25, -0.2) is 9.18 Å². The molecule has 6 heteroatoms. The first-order chi connectivity index (χ1) is 10.0. The fourth-order valence-electron chi connectivity index (χ4n) is 1.80. The van der Waals surface area contributed by atoms with Gasteiger partial charge in [0, 0.05) is 5.56 Å². The summed E-state index contributed by atoms with van der Waals surface area (Å²) in [7, 11) is 1.37. The third kappa shape index (κ3) is 3.33. The molecule has 0 radical (unpaired) electrons. The smallest absolute Gasteiger partial charge is 0.339 e. The van der Waals surface area contributed by atoms with E-state index in [2.05, 4.69) is 15.9 Å². The van der Waals surface area contributed by atoms with Crippen molar-refractivity contribution in [3.8, 4) is 11.5 Å². The largest absolute Gasteiger partial charge is 0.494 e. The van der Waals surface area contributed by atoms with E-state index in [1.165, 1.54) is 19.2 Å². The van der Waals surface area contributed by atoms with Crippen molar-refractivity contribution >= 4 is 21.9 Å². The van der Waals surface area contributed by atoms with Crippen molar-refractivity contribution in [1.82, 2.24) is 0 Å². The molecule has 0 saturated carbocycles. The van der Waals surface area contributed by atoms with E-state index in [-0.39, 0.29) is 29.2 Å². The topological polar surface area (TPSA) is 55.8 Å². The van der Waals surface area contributed by atoms with Crippen LogP contribution in [0.15, 0.2) is 40.9 Å². The van der Waals surface area contributed by atoms with E-state index in [9.17, 15) is 9.18 Å². The summed E-state index contributed by atoms with van der Waals surface area (Å²) >= 11 is 3.23. The summed E-state index contributed by atoms with van der Waals surface area (Å²) in [6.07, 6.45) is 0. The maximum atomic E-state index is 14.0. The van der Waals surface area contributed by atoms with Crippen LogP contribution in [-0.4, -0.2) is 18.2 Å². The second-order valence-electron chi connectivity index (χ2n) is 4.14. The average molecular weight is 355 g/mol. The number of benzene rings is 2. The lowest BCUT2D eigenvalue weighted by Crippen LogP contribution is -2.05. The normalized spacial score (nSPS) is 10.2. The zero-order chi connectivity index (χ0) is 15.4. The van der Waals surface area contributed by atoms with Crippen LogP contribution in [-0.2, 0) is 6.61 Å². The summed E-state index contributed by atoms with van der Waals surface area (Å²) in [6, 6.07) is 9.36. The van der Waals surface area contributed by atoms with Gasteiger partial charge in [-0.3, -0.25) is 0 Å². The van der Waals surface area contributed by atoms with Crippen LogP contribution >= 0.6 is 15.9 Å². The molecule has 110 valence electrons. The average Bonchev–Trinajstić information content (AvgIpc) is 2.47. The number of hydrogen-bond acceptors (Lipinski definition) is 3. The Hall–Kier alpha value is -2.08. The van der Waals surface area contributed by atoms with Crippen LogP contribution < -0.4 is 9.47 Å². The van der Waals surface area contributed by atoms with E-state index in [1.54, 1.807) is 24.3 Å². The molecule has 0 unspecified atom stereocenters. The molecule has 0 fully saturated rings. The van der Waals surface area contributed by atoms with E-state index < -0.39 is 11.8 Å². The first-order valence-electron chi connectivity index (χ1n) is 6.00. The van der Waals surface area contributed by atoms with Gasteiger partial charge in [0.2, 0.25) is 0 Å². The fraction of sp³-hybridized carbons (Fsp3) is 0.133. The lowest BCUT2D eigenvalue weighted by molar-refractivity contribution is 0.0691. The van der Waals surface area contributed by atoms with E-state index in [4.69, 9.17) is 14.6 Å². The number of methoxy groups -OCH3 is 1. The minimum Gasteiger partial charge on any atom is -0.494 e. The van der Waals surface area contributed by atoms with Crippen LogP contribution in [0.1, 0.15) is 15.9 Å². The fourth-order valence-corrected chi connectivity index (χ4v) is 2.28. The van der Waals surface area contributed by atoms with Crippen molar-refractivity contribution < 1.29 is 23.8 Å². The molecule has 0 aliphatic heterocycles. The van der Waals surface area contributed by atoms with Crippen LogP contribution in [0.4, 0.5) is 4.39 Å². The highest BCUT2D eigenvalue weighted by Crippen LogP contribution is 2.30. The van der Waals surface area contributed by atoms with Crippen LogP contribution in [0.2, 0.25) is 0 Å². The number of rotatable bonds is 5. The Morgan fingerprint density at radius 3 is 2.67 bits per heavy atom. The van der Waals surface area contributed by atoms with Gasteiger partial charge >= 0.3 is 5.97 Å². The lowest BCUT2D eigenvalue weighted by Gasteiger charge is -2.12. The summed E-state index contributed by atoms with van der Waals surface area (Å²) < 4.78 is 24.9. The highest BCUT2D eigenvalue weighted by Gasteiger charge is 2.16. The molecule has 1 N–H and O–H groups in total. The maximum absolute atomic E-state index is 14.0. The molecule has 2 rings (SSSR count). The number of carboxylic acids is 1. The molecule has 2 aromatic carbocycles. The lowest BCUT2D eigenvalue weighted by atomic mass is 10.2. The zero-order valence-electron chi connectivity index (χ0n) is 11.1. The van der Waals surface area contributed by atoms with Gasteiger partial charge < -0.3 is 14.6 Å². The molecule has 21 heavy (non-hydrogen) atoms. The second kappa shape index (κ2) is 6.58. The number of para-hydroxylation sites is 1. The standard InChI is InChI=1S/C15H12BrFO4/c1-20-12-7-2-4-9(13(12)17)8-21-14-10(15(18)19)5-3-6-11(14)16/h2-7H,8H2,1H3,(H,18,19). The second-order valence-corrected chi connectivity index (χ2v) is 5.00. The van der Waals surface area contributed by atoms with Gasteiger partial charge in [-0.05, 0) is 34.1 Å². The van der Waals surface area contributed by atoms with Gasteiger partial charge in [-0.1, -0.05) is 18.2 Å². The van der Waals surface area contributed by atoms with Crippen molar-refractivity contribution in [3.05, 3.63) is 57.8 Å². The van der Waals surface area contributed by atoms with E-state index >= 15 is 0 Å². The highest BCUT2D eigenvalue weighted by molar-refractivity contribution is 9.10. The monoisotopic (exact) mass is 354 g/mol. The van der Waals surface area contributed by atoms with Crippen LogP contribution in [0.3, 0.4) is 0 Å². The molecule has 0 saturated heterocycles. The first kappa shape index (κ1) is 15.3. The Bertz CT molecular complexity index is 673. The third-order valence-electron chi connectivity index (χ3n) is 2.83. The summed E-state index contributed by atoms with van der Waals surface area (Å²) in [6.45, 7) is -0.105.